The van der Waals surface area contributed by atoms with Gasteiger partial charge in [-0.3, -0.25) is 0 Å². The van der Waals surface area contributed by atoms with Crippen molar-refractivity contribution in [3.8, 4) is 5.75 Å². The summed E-state index contributed by atoms with van der Waals surface area (Å²) in [6, 6.07) is 7.33. The van der Waals surface area contributed by atoms with Crippen molar-refractivity contribution in [3.63, 3.8) is 0 Å². The molecule has 1 heterocycles. The SMILES string of the molecule is ON=C1Oc2ccccc2CC1O. The fraction of sp³-hybridized carbons (Fsp3) is 0.222. The van der Waals surface area contributed by atoms with Crippen LogP contribution in [0.2, 0.25) is 0 Å². The first kappa shape index (κ1) is 8.07. The van der Waals surface area contributed by atoms with E-state index in [2.05, 4.69) is 5.16 Å². The van der Waals surface area contributed by atoms with Crippen molar-refractivity contribution >= 4 is 5.90 Å². The molecule has 2 N–H and O–H groups in total. The monoisotopic (exact) mass is 179 g/mol. The predicted octanol–water partition coefficient (Wildman–Crippen LogP) is 0.770. The molecule has 0 fully saturated rings. The van der Waals surface area contributed by atoms with Crippen LogP contribution in [0.25, 0.3) is 0 Å². The summed E-state index contributed by atoms with van der Waals surface area (Å²) >= 11 is 0. The molecular formula is C9H9NO3. The highest BCUT2D eigenvalue weighted by Crippen LogP contribution is 2.24. The van der Waals surface area contributed by atoms with Gasteiger partial charge in [0.15, 0.2) is 0 Å². The molecule has 1 unspecified atom stereocenters. The zero-order valence-electron chi connectivity index (χ0n) is 6.84. The largest absolute Gasteiger partial charge is 0.437 e. The first-order valence-electron chi connectivity index (χ1n) is 3.97. The van der Waals surface area contributed by atoms with Gasteiger partial charge in [-0.15, -0.1) is 0 Å². The highest BCUT2D eigenvalue weighted by molar-refractivity contribution is 5.84. The van der Waals surface area contributed by atoms with Crippen LogP contribution < -0.4 is 4.74 Å². The van der Waals surface area contributed by atoms with Gasteiger partial charge >= 0.3 is 0 Å². The fourth-order valence-electron chi connectivity index (χ4n) is 1.34. The number of fused-ring (bicyclic) bond motifs is 1. The van der Waals surface area contributed by atoms with E-state index < -0.39 is 6.10 Å². The molecule has 2 rings (SSSR count). The average Bonchev–Trinajstić information content (AvgIpc) is 2.17. The van der Waals surface area contributed by atoms with E-state index in [9.17, 15) is 5.11 Å². The quantitative estimate of drug-likeness (QED) is 0.456. The lowest BCUT2D eigenvalue weighted by molar-refractivity contribution is 0.193. The van der Waals surface area contributed by atoms with E-state index in [1.165, 1.54) is 0 Å². The number of oxime groups is 1. The molecule has 13 heavy (non-hydrogen) atoms. The number of hydrogen-bond donors (Lipinski definition) is 2. The molecule has 0 amide bonds. The third kappa shape index (κ3) is 1.36. The van der Waals surface area contributed by atoms with Crippen LogP contribution in [0.3, 0.4) is 0 Å². The minimum absolute atomic E-state index is 0.0429. The van der Waals surface area contributed by atoms with E-state index >= 15 is 0 Å². The van der Waals surface area contributed by atoms with Gasteiger partial charge in [0.05, 0.1) is 0 Å². The Kier molecular flexibility index (Phi) is 1.90. The molecule has 4 nitrogen and oxygen atoms in total. The van der Waals surface area contributed by atoms with Crippen LogP contribution in [-0.2, 0) is 6.42 Å². The third-order valence-electron chi connectivity index (χ3n) is 1.98. The Labute approximate surface area is 75.1 Å². The molecular weight excluding hydrogens is 170 g/mol. The molecule has 0 bridgehead atoms. The van der Waals surface area contributed by atoms with Crippen LogP contribution in [0.5, 0.6) is 5.75 Å². The minimum atomic E-state index is -0.847. The number of ether oxygens (including phenoxy) is 1. The maximum absolute atomic E-state index is 9.40. The first-order valence-corrected chi connectivity index (χ1v) is 3.97. The van der Waals surface area contributed by atoms with Crippen molar-refractivity contribution in [2.75, 3.05) is 0 Å². The number of rotatable bonds is 0. The third-order valence-corrected chi connectivity index (χ3v) is 1.98. The van der Waals surface area contributed by atoms with E-state index in [0.717, 1.165) is 5.56 Å². The summed E-state index contributed by atoms with van der Waals surface area (Å²) in [7, 11) is 0. The van der Waals surface area contributed by atoms with Crippen LogP contribution in [-0.4, -0.2) is 22.3 Å². The summed E-state index contributed by atoms with van der Waals surface area (Å²) in [5.74, 6) is 0.597. The summed E-state index contributed by atoms with van der Waals surface area (Å²) in [4.78, 5) is 0. The Morgan fingerprint density at radius 3 is 2.92 bits per heavy atom. The van der Waals surface area contributed by atoms with Gasteiger partial charge in [0.1, 0.15) is 11.9 Å². The van der Waals surface area contributed by atoms with Gasteiger partial charge in [0.25, 0.3) is 5.90 Å². The number of nitrogens with zero attached hydrogens (tertiary/aromatic N) is 1. The van der Waals surface area contributed by atoms with Gasteiger partial charge in [0, 0.05) is 6.42 Å². The van der Waals surface area contributed by atoms with Crippen LogP contribution in [0.4, 0.5) is 0 Å². The number of hydrogen-bond acceptors (Lipinski definition) is 4. The molecule has 0 spiro atoms. The van der Waals surface area contributed by atoms with Gasteiger partial charge in [-0.05, 0) is 11.6 Å². The lowest BCUT2D eigenvalue weighted by Gasteiger charge is -2.21. The topological polar surface area (TPSA) is 62.1 Å². The molecule has 1 aliphatic heterocycles. The zero-order chi connectivity index (χ0) is 9.26. The van der Waals surface area contributed by atoms with Crippen molar-refractivity contribution in [1.29, 1.82) is 0 Å². The second-order valence-electron chi connectivity index (χ2n) is 2.87. The summed E-state index contributed by atoms with van der Waals surface area (Å²) in [5.41, 5.74) is 0.919. The molecule has 1 atom stereocenters. The van der Waals surface area contributed by atoms with Crippen LogP contribution >= 0.6 is 0 Å². The van der Waals surface area contributed by atoms with Crippen molar-refractivity contribution in [2.45, 2.75) is 12.5 Å². The van der Waals surface area contributed by atoms with Gasteiger partial charge in [-0.1, -0.05) is 23.4 Å². The van der Waals surface area contributed by atoms with Gasteiger partial charge < -0.3 is 15.1 Å². The second-order valence-corrected chi connectivity index (χ2v) is 2.87. The maximum atomic E-state index is 9.40. The average molecular weight is 179 g/mol. The first-order chi connectivity index (χ1) is 6.31. The second kappa shape index (κ2) is 3.06. The molecule has 0 aromatic heterocycles. The molecule has 1 aromatic carbocycles. The number of aliphatic hydroxyl groups is 1. The predicted molar refractivity (Wildman–Crippen MR) is 46.0 cm³/mol. The minimum Gasteiger partial charge on any atom is -0.437 e. The number of para-hydroxylation sites is 1. The Balaban J connectivity index is 2.38. The van der Waals surface area contributed by atoms with E-state index in [1.807, 2.05) is 18.2 Å². The Hall–Kier alpha value is -1.55. The molecule has 1 aromatic rings. The lowest BCUT2D eigenvalue weighted by Crippen LogP contribution is -2.32. The normalized spacial score (nSPS) is 23.8. The molecule has 0 saturated heterocycles. The van der Waals surface area contributed by atoms with Crippen molar-refractivity contribution in [2.24, 2.45) is 5.16 Å². The highest BCUT2D eigenvalue weighted by atomic mass is 16.5. The van der Waals surface area contributed by atoms with Gasteiger partial charge in [-0.2, -0.15) is 0 Å². The number of aliphatic hydroxyl groups excluding tert-OH is 1. The summed E-state index contributed by atoms with van der Waals surface area (Å²) in [6.07, 6.45) is -0.421. The van der Waals surface area contributed by atoms with Gasteiger partial charge in [0.2, 0.25) is 0 Å². The molecule has 0 aliphatic carbocycles. The summed E-state index contributed by atoms with van der Waals surface area (Å²) in [6.45, 7) is 0. The van der Waals surface area contributed by atoms with E-state index in [4.69, 9.17) is 9.94 Å². The van der Waals surface area contributed by atoms with Crippen molar-refractivity contribution in [3.05, 3.63) is 29.8 Å². The van der Waals surface area contributed by atoms with Crippen LogP contribution in [0.1, 0.15) is 5.56 Å². The molecule has 4 heteroatoms. The van der Waals surface area contributed by atoms with Crippen LogP contribution in [0, 0.1) is 0 Å². The zero-order valence-corrected chi connectivity index (χ0v) is 6.84. The highest BCUT2D eigenvalue weighted by Gasteiger charge is 2.24. The molecule has 0 radical (unpaired) electrons. The Morgan fingerprint density at radius 2 is 2.15 bits per heavy atom. The van der Waals surface area contributed by atoms with Crippen LogP contribution in [0.15, 0.2) is 29.4 Å². The van der Waals surface area contributed by atoms with E-state index in [0.29, 0.717) is 12.2 Å². The summed E-state index contributed by atoms with van der Waals surface area (Å²) < 4.78 is 5.14. The molecule has 0 saturated carbocycles. The summed E-state index contributed by atoms with van der Waals surface area (Å²) in [5, 5.41) is 20.8. The smallest absolute Gasteiger partial charge is 0.260 e. The number of benzene rings is 1. The van der Waals surface area contributed by atoms with E-state index in [-0.39, 0.29) is 5.90 Å². The lowest BCUT2D eigenvalue weighted by atomic mass is 10.0. The standard InChI is InChI=1S/C9H9NO3/c11-7-5-6-3-1-2-4-8(6)13-9(7)10-12/h1-4,7,11-12H,5H2. The van der Waals surface area contributed by atoms with Gasteiger partial charge in [-0.25, -0.2) is 0 Å². The fourth-order valence-corrected chi connectivity index (χ4v) is 1.34. The van der Waals surface area contributed by atoms with E-state index in [1.54, 1.807) is 6.07 Å². The van der Waals surface area contributed by atoms with Crippen molar-refractivity contribution in [1.82, 2.24) is 0 Å². The Morgan fingerprint density at radius 1 is 1.38 bits per heavy atom. The Bertz CT molecular complexity index is 348. The maximum Gasteiger partial charge on any atom is 0.260 e. The van der Waals surface area contributed by atoms with Crippen molar-refractivity contribution < 1.29 is 15.1 Å². The molecule has 1 aliphatic rings. The molecule has 68 valence electrons.